The number of carbonyl (C=O) groups excluding carboxylic acids is 2. The number of benzene rings is 1. The molecule has 16 heavy (non-hydrogen) atoms. The molecule has 0 atom stereocenters. The molecule has 1 aliphatic heterocycles. The summed E-state index contributed by atoms with van der Waals surface area (Å²) in [5, 5.41) is 0. The van der Waals surface area contributed by atoms with Crippen LogP contribution >= 0.6 is 0 Å². The van der Waals surface area contributed by atoms with E-state index in [-0.39, 0.29) is 18.2 Å². The zero-order valence-corrected chi connectivity index (χ0v) is 9.11. The Bertz CT molecular complexity index is 503. The Morgan fingerprint density at radius 1 is 1.38 bits per heavy atom. The molecule has 4 nitrogen and oxygen atoms in total. The number of hydrogen-bond acceptors (Lipinski definition) is 3. The first kappa shape index (κ1) is 10.5. The molecule has 1 aliphatic rings. The monoisotopic (exact) mass is 217 g/mol. The van der Waals surface area contributed by atoms with Gasteiger partial charge in [0, 0.05) is 5.56 Å². The van der Waals surface area contributed by atoms with Crippen molar-refractivity contribution in [3.05, 3.63) is 34.9 Å². The van der Waals surface area contributed by atoms with E-state index in [1.54, 1.807) is 19.1 Å². The van der Waals surface area contributed by atoms with Crippen molar-refractivity contribution in [1.29, 1.82) is 0 Å². The number of nitrogens with zero attached hydrogens (tertiary/aromatic N) is 1. The highest BCUT2D eigenvalue weighted by Crippen LogP contribution is 2.20. The van der Waals surface area contributed by atoms with Crippen LogP contribution in [0.1, 0.15) is 28.4 Å². The Balaban J connectivity index is 2.46. The van der Waals surface area contributed by atoms with Gasteiger partial charge in [0.2, 0.25) is 0 Å². The van der Waals surface area contributed by atoms with E-state index in [0.717, 1.165) is 5.56 Å². The Morgan fingerprint density at radius 2 is 2.12 bits per heavy atom. The van der Waals surface area contributed by atoms with Gasteiger partial charge in [0.1, 0.15) is 0 Å². The second kappa shape index (κ2) is 3.89. The highest BCUT2D eigenvalue weighted by Gasteiger charge is 2.28. The van der Waals surface area contributed by atoms with Crippen LogP contribution in [0.5, 0.6) is 0 Å². The second-order valence-corrected chi connectivity index (χ2v) is 3.54. The fourth-order valence-electron chi connectivity index (χ4n) is 1.62. The Hall–Kier alpha value is -1.97. The lowest BCUT2D eigenvalue weighted by Crippen LogP contribution is -2.17. The van der Waals surface area contributed by atoms with E-state index in [4.69, 9.17) is 4.74 Å². The normalized spacial score (nSPS) is 13.4. The molecule has 0 N–H and O–H groups in total. The number of aliphatic imine (C=N–C) groups is 1. The molecule has 0 aliphatic carbocycles. The summed E-state index contributed by atoms with van der Waals surface area (Å²) in [6.07, 6.45) is 0. The van der Waals surface area contributed by atoms with Crippen LogP contribution in [0, 0.1) is 6.92 Å². The van der Waals surface area contributed by atoms with Gasteiger partial charge in [0.25, 0.3) is 5.91 Å². The maximum Gasteiger partial charge on any atom is 0.357 e. The maximum atomic E-state index is 11.6. The molecule has 0 saturated heterocycles. The predicted molar refractivity (Wildman–Crippen MR) is 58.7 cm³/mol. The quantitative estimate of drug-likeness (QED) is 0.705. The molecular formula is C12H11NO3. The molecule has 1 amide bonds. The van der Waals surface area contributed by atoms with Gasteiger partial charge in [-0.1, -0.05) is 11.6 Å². The van der Waals surface area contributed by atoms with Crippen LogP contribution < -0.4 is 0 Å². The molecule has 4 heteroatoms. The molecule has 0 fully saturated rings. The standard InChI is InChI=1S/C12H11NO3/c1-3-16-12(15)10-9-6-7(2)4-5-8(9)11(14)13-10/h4-6H,3H2,1-2H3. The van der Waals surface area contributed by atoms with E-state index in [1.165, 1.54) is 0 Å². The fourth-order valence-corrected chi connectivity index (χ4v) is 1.62. The van der Waals surface area contributed by atoms with Gasteiger partial charge in [-0.3, -0.25) is 4.79 Å². The van der Waals surface area contributed by atoms with Gasteiger partial charge in [-0.2, -0.15) is 0 Å². The summed E-state index contributed by atoms with van der Waals surface area (Å²) < 4.78 is 4.85. The second-order valence-electron chi connectivity index (χ2n) is 3.54. The number of amides is 1. The molecule has 0 aromatic heterocycles. The number of hydrogen-bond donors (Lipinski definition) is 0. The van der Waals surface area contributed by atoms with Gasteiger partial charge < -0.3 is 4.74 Å². The third-order valence-electron chi connectivity index (χ3n) is 2.34. The van der Waals surface area contributed by atoms with Crippen LogP contribution in [0.15, 0.2) is 23.2 Å². The summed E-state index contributed by atoms with van der Waals surface area (Å²) in [5.41, 5.74) is 2.13. The summed E-state index contributed by atoms with van der Waals surface area (Å²) in [4.78, 5) is 26.8. The summed E-state index contributed by atoms with van der Waals surface area (Å²) in [5.74, 6) is -0.918. The zero-order chi connectivity index (χ0) is 11.7. The van der Waals surface area contributed by atoms with E-state index in [1.807, 2.05) is 13.0 Å². The van der Waals surface area contributed by atoms with Gasteiger partial charge in [-0.25, -0.2) is 9.79 Å². The lowest BCUT2D eigenvalue weighted by molar-refractivity contribution is -0.134. The summed E-state index contributed by atoms with van der Waals surface area (Å²) in [7, 11) is 0. The largest absolute Gasteiger partial charge is 0.461 e. The number of fused-ring (bicyclic) bond motifs is 1. The first-order valence-corrected chi connectivity index (χ1v) is 5.04. The number of rotatable bonds is 2. The molecule has 1 aromatic carbocycles. The van der Waals surface area contributed by atoms with Crippen molar-refractivity contribution in [2.45, 2.75) is 13.8 Å². The number of esters is 1. The SMILES string of the molecule is CCOC(=O)C1=NC(=O)c2ccc(C)cc21. The van der Waals surface area contributed by atoms with Crippen molar-refractivity contribution in [3.8, 4) is 0 Å². The van der Waals surface area contributed by atoms with Crippen molar-refractivity contribution < 1.29 is 14.3 Å². The van der Waals surface area contributed by atoms with Gasteiger partial charge in [0.05, 0.1) is 12.2 Å². The van der Waals surface area contributed by atoms with Crippen molar-refractivity contribution in [2.75, 3.05) is 6.61 Å². The average molecular weight is 217 g/mol. The molecular weight excluding hydrogens is 206 g/mol. The van der Waals surface area contributed by atoms with Crippen LogP contribution in [0.2, 0.25) is 0 Å². The van der Waals surface area contributed by atoms with E-state index >= 15 is 0 Å². The van der Waals surface area contributed by atoms with Crippen molar-refractivity contribution in [3.63, 3.8) is 0 Å². The number of aryl methyl sites for hydroxylation is 1. The highest BCUT2D eigenvalue weighted by molar-refractivity contribution is 6.48. The molecule has 0 radical (unpaired) electrons. The third-order valence-corrected chi connectivity index (χ3v) is 2.34. The lowest BCUT2D eigenvalue weighted by Gasteiger charge is -2.03. The van der Waals surface area contributed by atoms with Crippen LogP contribution in [0.3, 0.4) is 0 Å². The molecule has 1 aromatic rings. The van der Waals surface area contributed by atoms with Crippen molar-refractivity contribution in [1.82, 2.24) is 0 Å². The van der Waals surface area contributed by atoms with Gasteiger partial charge >= 0.3 is 5.97 Å². The molecule has 82 valence electrons. The minimum Gasteiger partial charge on any atom is -0.461 e. The van der Waals surface area contributed by atoms with Gasteiger partial charge in [-0.15, -0.1) is 0 Å². The fraction of sp³-hybridized carbons (Fsp3) is 0.250. The minimum atomic E-state index is -0.541. The van der Waals surface area contributed by atoms with E-state index in [2.05, 4.69) is 4.99 Å². The van der Waals surface area contributed by atoms with E-state index < -0.39 is 5.97 Å². The minimum absolute atomic E-state index is 0.116. The average Bonchev–Trinajstić information content (AvgIpc) is 2.56. The topological polar surface area (TPSA) is 55.7 Å². The molecule has 1 heterocycles. The Morgan fingerprint density at radius 3 is 2.81 bits per heavy atom. The Kier molecular flexibility index (Phi) is 2.56. The first-order chi connectivity index (χ1) is 7.63. The predicted octanol–water partition coefficient (Wildman–Crippen LogP) is 1.50. The van der Waals surface area contributed by atoms with Crippen LogP contribution in [-0.4, -0.2) is 24.2 Å². The van der Waals surface area contributed by atoms with Crippen LogP contribution in [0.25, 0.3) is 0 Å². The molecule has 2 rings (SSSR count). The number of carbonyl (C=O) groups is 2. The van der Waals surface area contributed by atoms with Crippen molar-refractivity contribution in [2.24, 2.45) is 4.99 Å². The Labute approximate surface area is 92.9 Å². The van der Waals surface area contributed by atoms with Gasteiger partial charge in [-0.05, 0) is 26.0 Å². The maximum absolute atomic E-state index is 11.6. The summed E-state index contributed by atoms with van der Waals surface area (Å²) >= 11 is 0. The summed E-state index contributed by atoms with van der Waals surface area (Å²) in [6.45, 7) is 3.88. The van der Waals surface area contributed by atoms with E-state index in [9.17, 15) is 9.59 Å². The van der Waals surface area contributed by atoms with Crippen molar-refractivity contribution >= 4 is 17.6 Å². The lowest BCUT2D eigenvalue weighted by atomic mass is 10.0. The summed E-state index contributed by atoms with van der Waals surface area (Å²) in [6, 6.07) is 5.28. The van der Waals surface area contributed by atoms with Crippen LogP contribution in [0.4, 0.5) is 0 Å². The smallest absolute Gasteiger partial charge is 0.357 e. The third kappa shape index (κ3) is 1.62. The molecule has 0 saturated carbocycles. The molecule has 0 spiro atoms. The zero-order valence-electron chi connectivity index (χ0n) is 9.11. The number of ether oxygens (including phenoxy) is 1. The molecule has 0 bridgehead atoms. The molecule has 0 unspecified atom stereocenters. The first-order valence-electron chi connectivity index (χ1n) is 5.04. The van der Waals surface area contributed by atoms with E-state index in [0.29, 0.717) is 11.1 Å². The van der Waals surface area contributed by atoms with Gasteiger partial charge in [0.15, 0.2) is 5.71 Å². The van der Waals surface area contributed by atoms with Crippen LogP contribution in [-0.2, 0) is 9.53 Å². The highest BCUT2D eigenvalue weighted by atomic mass is 16.5.